The molecule has 0 amide bonds. The number of hydrogen-bond donors (Lipinski definition) is 0. The second-order valence-corrected chi connectivity index (χ2v) is 3.91. The van der Waals surface area contributed by atoms with Crippen molar-refractivity contribution in [3.05, 3.63) is 46.8 Å². The van der Waals surface area contributed by atoms with E-state index in [0.717, 1.165) is 21.6 Å². The highest BCUT2D eigenvalue weighted by Gasteiger charge is 1.98. The van der Waals surface area contributed by atoms with Crippen molar-refractivity contribution in [3.8, 4) is 11.3 Å². The van der Waals surface area contributed by atoms with E-state index in [1.165, 1.54) is 0 Å². The van der Waals surface area contributed by atoms with Crippen LogP contribution in [0.15, 0.2) is 41.0 Å². The van der Waals surface area contributed by atoms with Crippen LogP contribution in [-0.2, 0) is 0 Å². The molecule has 1 aromatic carbocycles. The van der Waals surface area contributed by atoms with E-state index in [1.54, 1.807) is 6.20 Å². The van der Waals surface area contributed by atoms with E-state index in [-0.39, 0.29) is 0 Å². The summed E-state index contributed by atoms with van der Waals surface area (Å²) in [6.07, 6.45) is 1.78. The Morgan fingerprint density at radius 2 is 1.79 bits per heavy atom. The average Bonchev–Trinajstić information content (AvgIpc) is 2.19. The molecule has 2 aromatic rings. The molecule has 0 aliphatic rings. The molecule has 0 saturated heterocycles. The average molecular weight is 249 g/mol. The van der Waals surface area contributed by atoms with Gasteiger partial charge < -0.3 is 0 Å². The van der Waals surface area contributed by atoms with Gasteiger partial charge in [0, 0.05) is 16.2 Å². The van der Waals surface area contributed by atoms with Gasteiger partial charge in [-0.05, 0) is 25.1 Å². The zero-order valence-electron chi connectivity index (χ0n) is 7.74. The van der Waals surface area contributed by atoms with E-state index in [9.17, 15) is 0 Å². The molecule has 1 heterocycles. The van der Waals surface area contributed by atoms with Gasteiger partial charge in [-0.1, -0.05) is 28.1 Å². The molecule has 0 aliphatic heterocycles. The molecule has 0 spiro atoms. The van der Waals surface area contributed by atoms with Gasteiger partial charge in [0.1, 0.15) is 5.82 Å². The topological polar surface area (TPSA) is 25.8 Å². The SMILES string of the molecule is Cc1nccc(-c2ccc(Br)cc2)n1. The van der Waals surface area contributed by atoms with Gasteiger partial charge in [-0.2, -0.15) is 0 Å². The lowest BCUT2D eigenvalue weighted by atomic mass is 10.1. The molecule has 70 valence electrons. The van der Waals surface area contributed by atoms with Gasteiger partial charge in [-0.25, -0.2) is 9.97 Å². The van der Waals surface area contributed by atoms with Gasteiger partial charge in [0.25, 0.3) is 0 Å². The monoisotopic (exact) mass is 248 g/mol. The number of nitrogens with zero attached hydrogens (tertiary/aromatic N) is 2. The Kier molecular flexibility index (Phi) is 2.59. The predicted octanol–water partition coefficient (Wildman–Crippen LogP) is 3.21. The standard InChI is InChI=1S/C11H9BrN2/c1-8-13-7-6-11(14-8)9-2-4-10(12)5-3-9/h2-7H,1H3. The van der Waals surface area contributed by atoms with Crippen LogP contribution in [-0.4, -0.2) is 9.97 Å². The van der Waals surface area contributed by atoms with Crippen LogP contribution in [0.3, 0.4) is 0 Å². The number of hydrogen-bond acceptors (Lipinski definition) is 2. The van der Waals surface area contributed by atoms with Crippen LogP contribution in [0, 0.1) is 6.92 Å². The molecule has 0 N–H and O–H groups in total. The maximum atomic E-state index is 4.35. The second-order valence-electron chi connectivity index (χ2n) is 3.00. The first-order valence-electron chi connectivity index (χ1n) is 4.31. The van der Waals surface area contributed by atoms with Gasteiger partial charge in [-0.3, -0.25) is 0 Å². The second kappa shape index (κ2) is 3.88. The lowest BCUT2D eigenvalue weighted by Gasteiger charge is -2.00. The minimum absolute atomic E-state index is 0.797. The summed E-state index contributed by atoms with van der Waals surface area (Å²) in [7, 11) is 0. The maximum Gasteiger partial charge on any atom is 0.125 e. The van der Waals surface area contributed by atoms with Crippen molar-refractivity contribution in [3.63, 3.8) is 0 Å². The summed E-state index contributed by atoms with van der Waals surface area (Å²) in [4.78, 5) is 8.41. The third-order valence-corrected chi connectivity index (χ3v) is 2.44. The number of aromatic nitrogens is 2. The molecule has 0 atom stereocenters. The van der Waals surface area contributed by atoms with E-state index in [2.05, 4.69) is 25.9 Å². The largest absolute Gasteiger partial charge is 0.242 e. The van der Waals surface area contributed by atoms with Gasteiger partial charge >= 0.3 is 0 Å². The number of aryl methyl sites for hydroxylation is 1. The van der Waals surface area contributed by atoms with Crippen LogP contribution >= 0.6 is 15.9 Å². The molecule has 0 bridgehead atoms. The summed E-state index contributed by atoms with van der Waals surface area (Å²) < 4.78 is 1.08. The van der Waals surface area contributed by atoms with Crippen molar-refractivity contribution in [2.24, 2.45) is 0 Å². The van der Waals surface area contributed by atoms with Crippen molar-refractivity contribution >= 4 is 15.9 Å². The fraction of sp³-hybridized carbons (Fsp3) is 0.0909. The van der Waals surface area contributed by atoms with Gasteiger partial charge in [0.05, 0.1) is 5.69 Å². The molecule has 3 heteroatoms. The third kappa shape index (κ3) is 1.99. The summed E-state index contributed by atoms with van der Waals surface area (Å²) in [5.74, 6) is 0.797. The Morgan fingerprint density at radius 1 is 1.07 bits per heavy atom. The lowest BCUT2D eigenvalue weighted by Crippen LogP contribution is -1.89. The molecule has 14 heavy (non-hydrogen) atoms. The van der Waals surface area contributed by atoms with E-state index >= 15 is 0 Å². The van der Waals surface area contributed by atoms with Gasteiger partial charge in [0.2, 0.25) is 0 Å². The van der Waals surface area contributed by atoms with Crippen molar-refractivity contribution < 1.29 is 0 Å². The van der Waals surface area contributed by atoms with Crippen LogP contribution in [0.1, 0.15) is 5.82 Å². The normalized spacial score (nSPS) is 10.1. The van der Waals surface area contributed by atoms with Crippen LogP contribution < -0.4 is 0 Å². The highest BCUT2D eigenvalue weighted by Crippen LogP contribution is 2.19. The molecule has 0 aliphatic carbocycles. The molecule has 2 rings (SSSR count). The quantitative estimate of drug-likeness (QED) is 0.775. The third-order valence-electron chi connectivity index (χ3n) is 1.92. The van der Waals surface area contributed by atoms with Gasteiger partial charge in [0.15, 0.2) is 0 Å². The summed E-state index contributed by atoms with van der Waals surface area (Å²) in [5, 5.41) is 0. The van der Waals surface area contributed by atoms with Crippen LogP contribution in [0.4, 0.5) is 0 Å². The van der Waals surface area contributed by atoms with Crippen LogP contribution in [0.2, 0.25) is 0 Å². The molecular weight excluding hydrogens is 240 g/mol. The van der Waals surface area contributed by atoms with Crippen LogP contribution in [0.5, 0.6) is 0 Å². The smallest absolute Gasteiger partial charge is 0.125 e. The Balaban J connectivity index is 2.44. The Bertz CT molecular complexity index is 437. The van der Waals surface area contributed by atoms with E-state index in [1.807, 2.05) is 37.3 Å². The molecule has 0 saturated carbocycles. The van der Waals surface area contributed by atoms with E-state index in [4.69, 9.17) is 0 Å². The predicted molar refractivity (Wildman–Crippen MR) is 59.9 cm³/mol. The van der Waals surface area contributed by atoms with Gasteiger partial charge in [-0.15, -0.1) is 0 Å². The summed E-state index contributed by atoms with van der Waals surface area (Å²) >= 11 is 3.40. The highest BCUT2D eigenvalue weighted by molar-refractivity contribution is 9.10. The van der Waals surface area contributed by atoms with Crippen molar-refractivity contribution in [1.82, 2.24) is 9.97 Å². The van der Waals surface area contributed by atoms with Crippen molar-refractivity contribution in [2.45, 2.75) is 6.92 Å². The number of rotatable bonds is 1. The molecule has 2 nitrogen and oxygen atoms in total. The van der Waals surface area contributed by atoms with E-state index in [0.29, 0.717) is 0 Å². The first kappa shape index (κ1) is 9.34. The molecular formula is C11H9BrN2. The van der Waals surface area contributed by atoms with E-state index < -0.39 is 0 Å². The van der Waals surface area contributed by atoms with Crippen molar-refractivity contribution in [2.75, 3.05) is 0 Å². The minimum atomic E-state index is 0.797. The Morgan fingerprint density at radius 3 is 2.43 bits per heavy atom. The Hall–Kier alpha value is -1.22. The summed E-state index contributed by atoms with van der Waals surface area (Å²) in [6.45, 7) is 1.89. The number of benzene rings is 1. The fourth-order valence-electron chi connectivity index (χ4n) is 1.24. The molecule has 0 radical (unpaired) electrons. The first-order valence-corrected chi connectivity index (χ1v) is 5.10. The summed E-state index contributed by atoms with van der Waals surface area (Å²) in [5.41, 5.74) is 2.07. The fourth-order valence-corrected chi connectivity index (χ4v) is 1.50. The minimum Gasteiger partial charge on any atom is -0.242 e. The lowest BCUT2D eigenvalue weighted by molar-refractivity contribution is 1.06. The maximum absolute atomic E-state index is 4.35. The number of halogens is 1. The summed E-state index contributed by atoms with van der Waals surface area (Å²) in [6, 6.07) is 9.99. The van der Waals surface area contributed by atoms with Crippen LogP contribution in [0.25, 0.3) is 11.3 Å². The highest BCUT2D eigenvalue weighted by atomic mass is 79.9. The zero-order chi connectivity index (χ0) is 9.97. The molecule has 0 unspecified atom stereocenters. The molecule has 1 aromatic heterocycles. The Labute approximate surface area is 91.2 Å². The zero-order valence-corrected chi connectivity index (χ0v) is 9.32. The molecule has 0 fully saturated rings. The van der Waals surface area contributed by atoms with Crippen molar-refractivity contribution in [1.29, 1.82) is 0 Å². The first-order chi connectivity index (χ1) is 6.75.